The minimum absolute atomic E-state index is 0.00491. The minimum atomic E-state index is -2.99. The summed E-state index contributed by atoms with van der Waals surface area (Å²) in [6.07, 6.45) is -1.06. The molecule has 0 bridgehead atoms. The van der Waals surface area contributed by atoms with E-state index in [1.165, 1.54) is 6.92 Å². The third kappa shape index (κ3) is 2.63. The van der Waals surface area contributed by atoms with Gasteiger partial charge in [-0.1, -0.05) is 0 Å². The Morgan fingerprint density at radius 3 is 2.50 bits per heavy atom. The third-order valence-corrected chi connectivity index (χ3v) is 1.64. The highest BCUT2D eigenvalue weighted by Gasteiger charge is 2.13. The number of halogens is 3. The van der Waals surface area contributed by atoms with Gasteiger partial charge in [0.1, 0.15) is 11.6 Å². The highest BCUT2D eigenvalue weighted by molar-refractivity contribution is 5.35. The molecule has 0 aliphatic heterocycles. The van der Waals surface area contributed by atoms with Gasteiger partial charge in [0.2, 0.25) is 0 Å². The zero-order valence-corrected chi connectivity index (χ0v) is 7.38. The van der Waals surface area contributed by atoms with Crippen LogP contribution >= 0.6 is 0 Å². The van der Waals surface area contributed by atoms with Crippen LogP contribution in [0.25, 0.3) is 0 Å². The Hall–Kier alpha value is -1.23. The molecule has 0 fully saturated rings. The van der Waals surface area contributed by atoms with E-state index < -0.39 is 18.5 Å². The van der Waals surface area contributed by atoms with Gasteiger partial charge in [-0.3, -0.25) is 0 Å². The molecule has 0 saturated heterocycles. The van der Waals surface area contributed by atoms with Crippen LogP contribution in [0.4, 0.5) is 13.2 Å². The first-order chi connectivity index (χ1) is 6.50. The highest BCUT2D eigenvalue weighted by atomic mass is 19.3. The summed E-state index contributed by atoms with van der Waals surface area (Å²) < 4.78 is 40.5. The Bertz CT molecular complexity index is 313. The summed E-state index contributed by atoms with van der Waals surface area (Å²) in [6, 6.07) is 3.01. The van der Waals surface area contributed by atoms with Crippen molar-refractivity contribution in [2.24, 2.45) is 0 Å². The van der Waals surface area contributed by atoms with E-state index in [1.54, 1.807) is 0 Å². The predicted molar refractivity (Wildman–Crippen MR) is 43.7 cm³/mol. The molecule has 0 unspecified atom stereocenters. The monoisotopic (exact) mass is 206 g/mol. The van der Waals surface area contributed by atoms with Crippen molar-refractivity contribution in [1.82, 2.24) is 0 Å². The Balaban J connectivity index is 3.02. The van der Waals surface area contributed by atoms with Crippen LogP contribution in [0.1, 0.15) is 18.6 Å². The molecule has 0 aliphatic rings. The average Bonchev–Trinajstić information content (AvgIpc) is 2.07. The molecule has 0 amide bonds. The highest BCUT2D eigenvalue weighted by Crippen LogP contribution is 2.27. The fraction of sp³-hybridized carbons (Fsp3) is 0.333. The van der Waals surface area contributed by atoms with E-state index >= 15 is 0 Å². The number of alkyl halides is 2. The van der Waals surface area contributed by atoms with E-state index in [-0.39, 0.29) is 11.3 Å². The summed E-state index contributed by atoms with van der Waals surface area (Å²) in [4.78, 5) is 0. The molecule has 5 heteroatoms. The van der Waals surface area contributed by atoms with E-state index in [0.29, 0.717) is 0 Å². The topological polar surface area (TPSA) is 29.5 Å². The molecule has 0 aliphatic carbocycles. The fourth-order valence-corrected chi connectivity index (χ4v) is 1.05. The van der Waals surface area contributed by atoms with E-state index in [9.17, 15) is 13.2 Å². The summed E-state index contributed by atoms with van der Waals surface area (Å²) in [5.41, 5.74) is 0.00491. The maximum absolute atomic E-state index is 12.7. The molecule has 1 aromatic carbocycles. The Labute approximate surface area is 78.9 Å². The number of rotatable bonds is 3. The lowest BCUT2D eigenvalue weighted by molar-refractivity contribution is -0.0514. The van der Waals surface area contributed by atoms with E-state index in [2.05, 4.69) is 4.74 Å². The summed E-state index contributed by atoms with van der Waals surface area (Å²) in [6.45, 7) is -1.65. The standard InChI is InChI=1S/C9H9F3O2/c1-5(13)7-4-6(10)2-3-8(7)14-9(11)12/h2-5,9,13H,1H3/t5-/m0/s1. The van der Waals surface area contributed by atoms with Crippen LogP contribution in [-0.4, -0.2) is 11.7 Å². The van der Waals surface area contributed by atoms with Crippen LogP contribution in [0.2, 0.25) is 0 Å². The van der Waals surface area contributed by atoms with E-state index in [1.807, 2.05) is 0 Å². The SMILES string of the molecule is C[C@H](O)c1cc(F)ccc1OC(F)F. The van der Waals surface area contributed by atoms with Gasteiger partial charge in [0.25, 0.3) is 0 Å². The molecular weight excluding hydrogens is 197 g/mol. The molecule has 0 heterocycles. The van der Waals surface area contributed by atoms with Crippen LogP contribution in [0.5, 0.6) is 5.75 Å². The van der Waals surface area contributed by atoms with Crippen LogP contribution in [0.15, 0.2) is 18.2 Å². The summed E-state index contributed by atoms with van der Waals surface area (Å²) in [5, 5.41) is 9.15. The van der Waals surface area contributed by atoms with Gasteiger partial charge in [-0.15, -0.1) is 0 Å². The number of hydrogen-bond donors (Lipinski definition) is 1. The normalized spacial score (nSPS) is 13.0. The van der Waals surface area contributed by atoms with Crippen molar-refractivity contribution >= 4 is 0 Å². The van der Waals surface area contributed by atoms with Gasteiger partial charge in [-0.2, -0.15) is 8.78 Å². The molecule has 1 N–H and O–H groups in total. The summed E-state index contributed by atoms with van der Waals surface area (Å²) in [7, 11) is 0. The smallest absolute Gasteiger partial charge is 0.387 e. The number of hydrogen-bond acceptors (Lipinski definition) is 2. The lowest BCUT2D eigenvalue weighted by Gasteiger charge is -2.12. The Morgan fingerprint density at radius 1 is 1.36 bits per heavy atom. The van der Waals surface area contributed by atoms with Gasteiger partial charge < -0.3 is 9.84 Å². The fourth-order valence-electron chi connectivity index (χ4n) is 1.05. The van der Waals surface area contributed by atoms with Gasteiger partial charge in [-0.05, 0) is 25.1 Å². The van der Waals surface area contributed by atoms with Crippen molar-refractivity contribution in [1.29, 1.82) is 0 Å². The quantitative estimate of drug-likeness (QED) is 0.823. The molecule has 2 nitrogen and oxygen atoms in total. The van der Waals surface area contributed by atoms with Crippen molar-refractivity contribution in [2.75, 3.05) is 0 Å². The molecule has 0 spiro atoms. The van der Waals surface area contributed by atoms with Crippen LogP contribution < -0.4 is 4.74 Å². The van der Waals surface area contributed by atoms with Crippen molar-refractivity contribution in [3.63, 3.8) is 0 Å². The van der Waals surface area contributed by atoms with Crippen molar-refractivity contribution in [3.05, 3.63) is 29.6 Å². The molecule has 0 radical (unpaired) electrons. The minimum Gasteiger partial charge on any atom is -0.434 e. The Kier molecular flexibility index (Phi) is 3.35. The van der Waals surface area contributed by atoms with E-state index in [4.69, 9.17) is 5.11 Å². The van der Waals surface area contributed by atoms with Crippen molar-refractivity contribution < 1.29 is 23.0 Å². The van der Waals surface area contributed by atoms with Gasteiger partial charge >= 0.3 is 6.61 Å². The third-order valence-electron chi connectivity index (χ3n) is 1.64. The second-order valence-electron chi connectivity index (χ2n) is 2.74. The zero-order chi connectivity index (χ0) is 10.7. The van der Waals surface area contributed by atoms with E-state index in [0.717, 1.165) is 18.2 Å². The molecule has 1 rings (SSSR count). The Morgan fingerprint density at radius 2 is 2.00 bits per heavy atom. The average molecular weight is 206 g/mol. The summed E-state index contributed by atoms with van der Waals surface area (Å²) in [5.74, 6) is -0.820. The first kappa shape index (κ1) is 10.8. The maximum atomic E-state index is 12.7. The van der Waals surface area contributed by atoms with Gasteiger partial charge in [0.05, 0.1) is 6.10 Å². The number of aliphatic hydroxyl groups is 1. The number of aliphatic hydroxyl groups excluding tert-OH is 1. The lowest BCUT2D eigenvalue weighted by atomic mass is 10.1. The maximum Gasteiger partial charge on any atom is 0.387 e. The first-order valence-electron chi connectivity index (χ1n) is 3.93. The molecule has 14 heavy (non-hydrogen) atoms. The van der Waals surface area contributed by atoms with Gasteiger partial charge in [-0.25, -0.2) is 4.39 Å². The van der Waals surface area contributed by atoms with Crippen LogP contribution in [-0.2, 0) is 0 Å². The van der Waals surface area contributed by atoms with Gasteiger partial charge in [0, 0.05) is 5.56 Å². The van der Waals surface area contributed by atoms with Crippen LogP contribution in [0, 0.1) is 5.82 Å². The van der Waals surface area contributed by atoms with Crippen molar-refractivity contribution in [3.8, 4) is 5.75 Å². The second-order valence-corrected chi connectivity index (χ2v) is 2.74. The molecule has 0 saturated carbocycles. The molecule has 1 atom stereocenters. The van der Waals surface area contributed by atoms with Crippen LogP contribution in [0.3, 0.4) is 0 Å². The predicted octanol–water partition coefficient (Wildman–Crippen LogP) is 2.48. The molecular formula is C9H9F3O2. The number of benzene rings is 1. The zero-order valence-electron chi connectivity index (χ0n) is 7.38. The first-order valence-corrected chi connectivity index (χ1v) is 3.93. The lowest BCUT2D eigenvalue weighted by Crippen LogP contribution is -2.06. The second kappa shape index (κ2) is 4.32. The van der Waals surface area contributed by atoms with Crippen molar-refractivity contribution in [2.45, 2.75) is 19.6 Å². The largest absolute Gasteiger partial charge is 0.434 e. The molecule has 1 aromatic rings. The molecule has 78 valence electrons. The summed E-state index contributed by atoms with van der Waals surface area (Å²) >= 11 is 0. The number of ether oxygens (including phenoxy) is 1. The van der Waals surface area contributed by atoms with Gasteiger partial charge in [0.15, 0.2) is 0 Å². The molecule has 0 aromatic heterocycles.